The third-order valence-electron chi connectivity index (χ3n) is 5.09. The van der Waals surface area contributed by atoms with Crippen molar-refractivity contribution in [3.05, 3.63) is 0 Å². The highest BCUT2D eigenvalue weighted by atomic mass is 15.2. The van der Waals surface area contributed by atoms with Gasteiger partial charge in [0.1, 0.15) is 0 Å². The van der Waals surface area contributed by atoms with E-state index >= 15 is 0 Å². The molecule has 2 unspecified atom stereocenters. The van der Waals surface area contributed by atoms with Crippen LogP contribution >= 0.6 is 0 Å². The Bertz CT molecular complexity index is 258. The summed E-state index contributed by atoms with van der Waals surface area (Å²) in [5.74, 6) is 0.809. The molecule has 2 rings (SSSR count). The van der Waals surface area contributed by atoms with Crippen LogP contribution < -0.4 is 5.32 Å². The van der Waals surface area contributed by atoms with Crippen LogP contribution in [0.3, 0.4) is 0 Å². The smallest absolute Gasteiger partial charge is 0.0219 e. The molecule has 1 N–H and O–H groups in total. The van der Waals surface area contributed by atoms with Gasteiger partial charge in [0.05, 0.1) is 0 Å². The molecule has 0 radical (unpaired) electrons. The predicted molar refractivity (Wildman–Crippen MR) is 78.9 cm³/mol. The summed E-state index contributed by atoms with van der Waals surface area (Å²) >= 11 is 0. The Morgan fingerprint density at radius 3 is 2.50 bits per heavy atom. The fourth-order valence-corrected chi connectivity index (χ4v) is 3.48. The van der Waals surface area contributed by atoms with Crippen molar-refractivity contribution < 1.29 is 0 Å². The van der Waals surface area contributed by atoms with Gasteiger partial charge < -0.3 is 5.32 Å². The van der Waals surface area contributed by atoms with Gasteiger partial charge in [-0.3, -0.25) is 4.90 Å². The maximum atomic E-state index is 3.76. The van der Waals surface area contributed by atoms with Gasteiger partial charge >= 0.3 is 0 Å². The van der Waals surface area contributed by atoms with Gasteiger partial charge in [0, 0.05) is 31.7 Å². The number of nitrogens with zero attached hydrogens (tertiary/aromatic N) is 1. The second-order valence-electron chi connectivity index (χ2n) is 7.08. The van der Waals surface area contributed by atoms with Crippen molar-refractivity contribution in [3.8, 4) is 0 Å². The van der Waals surface area contributed by atoms with Crippen LogP contribution in [0.2, 0.25) is 0 Å². The zero-order valence-corrected chi connectivity index (χ0v) is 12.8. The Balaban J connectivity index is 1.90. The molecule has 1 saturated carbocycles. The zero-order chi connectivity index (χ0) is 13.2. The molecular formula is C16H32N2. The average Bonchev–Trinajstić information content (AvgIpc) is 3.09. The maximum Gasteiger partial charge on any atom is 0.0219 e. The summed E-state index contributed by atoms with van der Waals surface area (Å²) in [7, 11) is 0. The first kappa shape index (κ1) is 14.3. The first-order chi connectivity index (χ1) is 8.58. The summed E-state index contributed by atoms with van der Waals surface area (Å²) < 4.78 is 0. The number of hydrogen-bond donors (Lipinski definition) is 1. The molecular weight excluding hydrogens is 220 g/mol. The molecule has 2 nitrogen and oxygen atoms in total. The molecule has 0 spiro atoms. The van der Waals surface area contributed by atoms with E-state index in [1.807, 2.05) is 0 Å². The third kappa shape index (κ3) is 3.48. The number of nitrogens with one attached hydrogen (secondary N) is 1. The highest BCUT2D eigenvalue weighted by Crippen LogP contribution is 2.49. The van der Waals surface area contributed by atoms with Crippen molar-refractivity contribution in [3.63, 3.8) is 0 Å². The van der Waals surface area contributed by atoms with Crippen LogP contribution in [-0.2, 0) is 0 Å². The SMILES string of the molecule is CCC1CNC(CC(C)C)CN1CC1(CC)CC1. The lowest BCUT2D eigenvalue weighted by Gasteiger charge is -2.42. The Morgan fingerprint density at radius 2 is 2.00 bits per heavy atom. The lowest BCUT2D eigenvalue weighted by molar-refractivity contribution is 0.0934. The molecule has 0 aromatic carbocycles. The van der Waals surface area contributed by atoms with Crippen molar-refractivity contribution in [1.82, 2.24) is 10.2 Å². The van der Waals surface area contributed by atoms with E-state index in [-0.39, 0.29) is 0 Å². The van der Waals surface area contributed by atoms with E-state index < -0.39 is 0 Å². The van der Waals surface area contributed by atoms with E-state index in [1.54, 1.807) is 0 Å². The Kier molecular flexibility index (Phi) is 4.71. The Morgan fingerprint density at radius 1 is 1.28 bits per heavy atom. The Hall–Kier alpha value is -0.0800. The molecule has 2 aliphatic rings. The summed E-state index contributed by atoms with van der Waals surface area (Å²) in [6, 6.07) is 1.50. The van der Waals surface area contributed by atoms with Crippen molar-refractivity contribution in [2.24, 2.45) is 11.3 Å². The minimum atomic E-state index is 0.702. The number of piperazine rings is 1. The highest BCUT2D eigenvalue weighted by molar-refractivity contribution is 4.97. The first-order valence-electron chi connectivity index (χ1n) is 8.06. The lowest BCUT2D eigenvalue weighted by atomic mass is 9.96. The van der Waals surface area contributed by atoms with Crippen molar-refractivity contribution in [1.29, 1.82) is 0 Å². The fraction of sp³-hybridized carbons (Fsp3) is 1.00. The number of rotatable bonds is 6. The third-order valence-corrected chi connectivity index (χ3v) is 5.09. The largest absolute Gasteiger partial charge is 0.311 e. The molecule has 1 aliphatic carbocycles. The molecule has 18 heavy (non-hydrogen) atoms. The van der Waals surface area contributed by atoms with E-state index in [1.165, 1.54) is 51.7 Å². The quantitative estimate of drug-likeness (QED) is 0.780. The average molecular weight is 252 g/mol. The monoisotopic (exact) mass is 252 g/mol. The van der Waals surface area contributed by atoms with E-state index in [9.17, 15) is 0 Å². The van der Waals surface area contributed by atoms with Crippen LogP contribution in [0.5, 0.6) is 0 Å². The minimum absolute atomic E-state index is 0.702. The molecule has 0 aromatic heterocycles. The van der Waals surface area contributed by atoms with Gasteiger partial charge in [-0.25, -0.2) is 0 Å². The van der Waals surface area contributed by atoms with Crippen LogP contribution in [0, 0.1) is 11.3 Å². The van der Waals surface area contributed by atoms with Crippen molar-refractivity contribution in [2.75, 3.05) is 19.6 Å². The second kappa shape index (κ2) is 5.92. The Labute approximate surface area is 114 Å². The van der Waals surface area contributed by atoms with Crippen LogP contribution in [-0.4, -0.2) is 36.6 Å². The molecule has 106 valence electrons. The highest BCUT2D eigenvalue weighted by Gasteiger charge is 2.43. The van der Waals surface area contributed by atoms with E-state index in [4.69, 9.17) is 0 Å². The van der Waals surface area contributed by atoms with Gasteiger partial charge in [0.15, 0.2) is 0 Å². The second-order valence-corrected chi connectivity index (χ2v) is 7.08. The van der Waals surface area contributed by atoms with Gasteiger partial charge in [0.25, 0.3) is 0 Å². The normalized spacial score (nSPS) is 31.8. The van der Waals surface area contributed by atoms with Crippen LogP contribution in [0.15, 0.2) is 0 Å². The summed E-state index contributed by atoms with van der Waals surface area (Å²) in [6.07, 6.45) is 6.94. The summed E-state index contributed by atoms with van der Waals surface area (Å²) in [5.41, 5.74) is 0.702. The predicted octanol–water partition coefficient (Wildman–Crippen LogP) is 3.28. The van der Waals surface area contributed by atoms with E-state index in [0.29, 0.717) is 5.41 Å². The lowest BCUT2D eigenvalue weighted by Crippen LogP contribution is -2.57. The van der Waals surface area contributed by atoms with Gasteiger partial charge in [-0.2, -0.15) is 0 Å². The minimum Gasteiger partial charge on any atom is -0.311 e. The summed E-state index contributed by atoms with van der Waals surface area (Å²) in [4.78, 5) is 2.81. The van der Waals surface area contributed by atoms with Gasteiger partial charge in [-0.15, -0.1) is 0 Å². The maximum absolute atomic E-state index is 3.76. The van der Waals surface area contributed by atoms with Gasteiger partial charge in [0.2, 0.25) is 0 Å². The molecule has 0 bridgehead atoms. The molecule has 0 aromatic rings. The molecule has 1 heterocycles. The molecule has 2 fully saturated rings. The van der Waals surface area contributed by atoms with Gasteiger partial charge in [-0.05, 0) is 43.4 Å². The van der Waals surface area contributed by atoms with E-state index in [0.717, 1.165) is 18.0 Å². The standard InChI is InChI=1S/C16H32N2/c1-5-15-10-17-14(9-13(3)4)11-18(15)12-16(6-2)7-8-16/h13-15,17H,5-12H2,1-4H3. The fourth-order valence-electron chi connectivity index (χ4n) is 3.48. The van der Waals surface area contributed by atoms with Crippen LogP contribution in [0.1, 0.15) is 59.8 Å². The van der Waals surface area contributed by atoms with Gasteiger partial charge in [-0.1, -0.05) is 27.7 Å². The molecule has 1 saturated heterocycles. The zero-order valence-electron chi connectivity index (χ0n) is 12.8. The number of hydrogen-bond acceptors (Lipinski definition) is 2. The van der Waals surface area contributed by atoms with Crippen molar-refractivity contribution in [2.45, 2.75) is 71.9 Å². The topological polar surface area (TPSA) is 15.3 Å². The molecule has 0 amide bonds. The van der Waals surface area contributed by atoms with Crippen LogP contribution in [0.25, 0.3) is 0 Å². The molecule has 2 heteroatoms. The summed E-state index contributed by atoms with van der Waals surface area (Å²) in [5, 5.41) is 3.76. The van der Waals surface area contributed by atoms with Crippen LogP contribution in [0.4, 0.5) is 0 Å². The van der Waals surface area contributed by atoms with E-state index in [2.05, 4.69) is 37.9 Å². The summed E-state index contributed by atoms with van der Waals surface area (Å²) in [6.45, 7) is 13.2. The van der Waals surface area contributed by atoms with Crippen molar-refractivity contribution >= 4 is 0 Å². The molecule has 2 atom stereocenters. The first-order valence-corrected chi connectivity index (χ1v) is 8.06. The molecule has 1 aliphatic heterocycles.